The van der Waals surface area contributed by atoms with E-state index in [1.165, 1.54) is 7.11 Å². The van der Waals surface area contributed by atoms with Gasteiger partial charge in [-0.05, 0) is 54.4 Å². The Labute approximate surface area is 182 Å². The number of benzene rings is 2. The molecule has 0 radical (unpaired) electrons. The number of hydrogen-bond donors (Lipinski definition) is 0. The molecular weight excluding hydrogens is 425 g/mol. The molecule has 0 saturated carbocycles. The summed E-state index contributed by atoms with van der Waals surface area (Å²) < 4.78 is 51.2. The highest BCUT2D eigenvalue weighted by Crippen LogP contribution is 2.38. The van der Waals surface area contributed by atoms with Crippen LogP contribution in [0.2, 0.25) is 0 Å². The molecule has 0 N–H and O–H groups in total. The molecule has 0 saturated heterocycles. The first-order valence-corrected chi connectivity index (χ1v) is 10.3. The van der Waals surface area contributed by atoms with Crippen molar-refractivity contribution in [1.82, 2.24) is 4.98 Å². The molecule has 0 atom stereocenters. The summed E-state index contributed by atoms with van der Waals surface area (Å²) >= 11 is 1.13. The van der Waals surface area contributed by atoms with Gasteiger partial charge in [-0.1, -0.05) is 12.1 Å². The molecule has 0 unspecified atom stereocenters. The van der Waals surface area contributed by atoms with Crippen molar-refractivity contribution < 1.29 is 22.6 Å². The van der Waals surface area contributed by atoms with E-state index in [0.717, 1.165) is 29.1 Å². The molecule has 2 aromatic carbocycles. The summed E-state index contributed by atoms with van der Waals surface area (Å²) in [4.78, 5) is 4.38. The molecule has 1 heterocycles. The van der Waals surface area contributed by atoms with Crippen LogP contribution in [0.1, 0.15) is 16.7 Å². The van der Waals surface area contributed by atoms with Gasteiger partial charge in [0.2, 0.25) is 0 Å². The number of ether oxygens (including phenoxy) is 2. The zero-order chi connectivity index (χ0) is 22.4. The van der Waals surface area contributed by atoms with Crippen molar-refractivity contribution in [2.75, 3.05) is 20.0 Å². The molecule has 0 aliphatic rings. The minimum atomic E-state index is -4.67. The first-order chi connectivity index (χ1) is 14.9. The Bertz CT molecular complexity index is 1080. The minimum absolute atomic E-state index is 0.0663. The number of halogens is 3. The molecule has 0 aliphatic heterocycles. The van der Waals surface area contributed by atoms with Crippen LogP contribution in [-0.2, 0) is 12.6 Å². The van der Waals surface area contributed by atoms with E-state index in [1.54, 1.807) is 37.4 Å². The highest BCUT2D eigenvalue weighted by atomic mass is 32.2. The topological polar surface area (TPSA) is 55.1 Å². The van der Waals surface area contributed by atoms with Crippen molar-refractivity contribution in [3.8, 4) is 28.8 Å². The Morgan fingerprint density at radius 3 is 2.06 bits per heavy atom. The van der Waals surface area contributed by atoms with Crippen molar-refractivity contribution >= 4 is 11.8 Å². The van der Waals surface area contributed by atoms with E-state index in [0.29, 0.717) is 23.5 Å². The molecule has 0 aliphatic carbocycles. The van der Waals surface area contributed by atoms with Gasteiger partial charge in [0.05, 0.1) is 31.0 Å². The van der Waals surface area contributed by atoms with Crippen LogP contribution in [0.3, 0.4) is 0 Å². The van der Waals surface area contributed by atoms with Gasteiger partial charge in [0.25, 0.3) is 0 Å². The fourth-order valence-electron chi connectivity index (χ4n) is 2.93. The second kappa shape index (κ2) is 9.75. The summed E-state index contributed by atoms with van der Waals surface area (Å²) in [7, 11) is 3.09. The van der Waals surface area contributed by atoms with Gasteiger partial charge in [-0.15, -0.1) is 11.8 Å². The lowest BCUT2D eigenvalue weighted by Crippen LogP contribution is -2.10. The smallest absolute Gasteiger partial charge is 0.417 e. The predicted octanol–water partition coefficient (Wildman–Crippen LogP) is 5.99. The number of alkyl halides is 3. The summed E-state index contributed by atoms with van der Waals surface area (Å²) in [6.45, 7) is 0. The quantitative estimate of drug-likeness (QED) is 0.419. The van der Waals surface area contributed by atoms with Gasteiger partial charge in [0.1, 0.15) is 22.6 Å². The van der Waals surface area contributed by atoms with E-state index in [2.05, 4.69) is 4.98 Å². The average molecular weight is 444 g/mol. The normalized spacial score (nSPS) is 11.1. The number of rotatable bonds is 7. The van der Waals surface area contributed by atoms with Crippen molar-refractivity contribution in [2.45, 2.75) is 17.6 Å². The van der Waals surface area contributed by atoms with E-state index in [9.17, 15) is 18.4 Å². The number of thioether (sulfide) groups is 1. The Kier molecular flexibility index (Phi) is 7.08. The molecular formula is C23H19F3N2O2S. The molecule has 3 aromatic rings. The molecule has 0 amide bonds. The highest BCUT2D eigenvalue weighted by Gasteiger charge is 2.36. The Morgan fingerprint density at radius 1 is 0.968 bits per heavy atom. The van der Waals surface area contributed by atoms with Gasteiger partial charge in [0.15, 0.2) is 0 Å². The van der Waals surface area contributed by atoms with Crippen molar-refractivity contribution in [3.63, 3.8) is 0 Å². The highest BCUT2D eigenvalue weighted by molar-refractivity contribution is 7.99. The molecule has 0 spiro atoms. The van der Waals surface area contributed by atoms with Crippen molar-refractivity contribution in [1.29, 1.82) is 5.26 Å². The zero-order valence-corrected chi connectivity index (χ0v) is 17.7. The number of pyridine rings is 1. The lowest BCUT2D eigenvalue weighted by molar-refractivity contribution is -0.138. The van der Waals surface area contributed by atoms with Crippen LogP contribution in [0, 0.1) is 11.3 Å². The third-order valence-electron chi connectivity index (χ3n) is 4.58. The number of aromatic nitrogens is 1. The summed E-state index contributed by atoms with van der Waals surface area (Å²) in [5.41, 5.74) is 0.232. The Morgan fingerprint density at radius 2 is 1.55 bits per heavy atom. The maximum Gasteiger partial charge on any atom is 0.417 e. The molecule has 31 heavy (non-hydrogen) atoms. The lowest BCUT2D eigenvalue weighted by Gasteiger charge is -2.14. The van der Waals surface area contributed by atoms with Crippen LogP contribution in [0.15, 0.2) is 59.6 Å². The monoisotopic (exact) mass is 444 g/mol. The van der Waals surface area contributed by atoms with Crippen LogP contribution < -0.4 is 9.47 Å². The molecule has 0 bridgehead atoms. The molecule has 160 valence electrons. The van der Waals surface area contributed by atoms with Crippen LogP contribution in [0.5, 0.6) is 11.5 Å². The summed E-state index contributed by atoms with van der Waals surface area (Å²) in [5.74, 6) is 1.78. The fraction of sp³-hybridized carbons (Fsp3) is 0.217. The van der Waals surface area contributed by atoms with E-state index in [4.69, 9.17) is 9.47 Å². The average Bonchev–Trinajstić information content (AvgIpc) is 2.78. The maximum atomic E-state index is 13.7. The first-order valence-electron chi connectivity index (χ1n) is 9.28. The Hall–Kier alpha value is -3.18. The SMILES string of the molecule is COc1ccc(CCSc2nc(-c3ccc(OC)cc3)cc(C(F)(F)F)c2C#N)cc1. The van der Waals surface area contributed by atoms with E-state index >= 15 is 0 Å². The molecule has 8 heteroatoms. The summed E-state index contributed by atoms with van der Waals surface area (Å²) in [6.07, 6.45) is -4.06. The van der Waals surface area contributed by atoms with Gasteiger partial charge in [-0.3, -0.25) is 0 Å². The summed E-state index contributed by atoms with van der Waals surface area (Å²) in [6, 6.07) is 16.6. The Balaban J connectivity index is 1.91. The van der Waals surface area contributed by atoms with Gasteiger partial charge < -0.3 is 9.47 Å². The largest absolute Gasteiger partial charge is 0.497 e. The fourth-order valence-corrected chi connectivity index (χ4v) is 3.92. The van der Waals surface area contributed by atoms with E-state index in [-0.39, 0.29) is 10.7 Å². The number of aryl methyl sites for hydroxylation is 1. The van der Waals surface area contributed by atoms with Gasteiger partial charge in [-0.2, -0.15) is 18.4 Å². The number of nitriles is 1. The minimum Gasteiger partial charge on any atom is -0.497 e. The number of methoxy groups -OCH3 is 2. The predicted molar refractivity (Wildman–Crippen MR) is 113 cm³/mol. The van der Waals surface area contributed by atoms with Crippen LogP contribution in [0.4, 0.5) is 13.2 Å². The maximum absolute atomic E-state index is 13.7. The molecule has 1 aromatic heterocycles. The van der Waals surface area contributed by atoms with Gasteiger partial charge in [0, 0.05) is 11.3 Å². The zero-order valence-electron chi connectivity index (χ0n) is 16.9. The number of nitrogens with zero attached hydrogens (tertiary/aromatic N) is 2. The molecule has 4 nitrogen and oxygen atoms in total. The van der Waals surface area contributed by atoms with Gasteiger partial charge in [-0.25, -0.2) is 4.98 Å². The molecule has 3 rings (SSSR count). The lowest BCUT2D eigenvalue weighted by atomic mass is 10.1. The third-order valence-corrected chi connectivity index (χ3v) is 5.55. The standard InChI is InChI=1S/C23H19F3N2O2S/c1-29-17-7-3-15(4-8-17)11-12-31-22-19(14-27)20(23(24,25)26)13-21(28-22)16-5-9-18(30-2)10-6-16/h3-10,13H,11-12H2,1-2H3. The van der Waals surface area contributed by atoms with Crippen LogP contribution in [0.25, 0.3) is 11.3 Å². The van der Waals surface area contributed by atoms with Crippen LogP contribution in [-0.4, -0.2) is 25.0 Å². The third kappa shape index (κ3) is 5.50. The van der Waals surface area contributed by atoms with E-state index < -0.39 is 17.3 Å². The number of hydrogen-bond acceptors (Lipinski definition) is 5. The van der Waals surface area contributed by atoms with Crippen molar-refractivity contribution in [2.24, 2.45) is 0 Å². The van der Waals surface area contributed by atoms with Crippen LogP contribution >= 0.6 is 11.8 Å². The second-order valence-electron chi connectivity index (χ2n) is 6.52. The first kappa shape index (κ1) is 22.5. The molecule has 0 fully saturated rings. The van der Waals surface area contributed by atoms with Crippen molar-refractivity contribution in [3.05, 3.63) is 71.3 Å². The summed E-state index contributed by atoms with van der Waals surface area (Å²) in [5, 5.41) is 9.50. The van der Waals surface area contributed by atoms with Gasteiger partial charge >= 0.3 is 6.18 Å². The van der Waals surface area contributed by atoms with E-state index in [1.807, 2.05) is 24.3 Å². The second-order valence-corrected chi connectivity index (χ2v) is 7.60.